The molecule has 0 aromatic heterocycles. The van der Waals surface area contributed by atoms with E-state index in [0.29, 0.717) is 12.0 Å². The first kappa shape index (κ1) is 12.9. The van der Waals surface area contributed by atoms with Crippen LogP contribution < -0.4 is 16.6 Å². The van der Waals surface area contributed by atoms with Crippen molar-refractivity contribution in [2.75, 3.05) is 5.32 Å². The van der Waals surface area contributed by atoms with Crippen molar-refractivity contribution >= 4 is 11.6 Å². The molecule has 0 bridgehead atoms. The Balaban J connectivity index is 2.04. The van der Waals surface area contributed by atoms with Crippen LogP contribution in [0.15, 0.2) is 29.3 Å². The van der Waals surface area contributed by atoms with Crippen LogP contribution in [-0.2, 0) is 0 Å². The minimum Gasteiger partial charge on any atom is -0.325 e. The third-order valence-electron chi connectivity index (χ3n) is 3.42. The number of hydrogen-bond acceptors (Lipinski definition) is 2. The van der Waals surface area contributed by atoms with Gasteiger partial charge in [0.2, 0.25) is 5.96 Å². The van der Waals surface area contributed by atoms with Crippen molar-refractivity contribution < 1.29 is 0 Å². The Hall–Kier alpha value is -1.55. The Morgan fingerprint density at radius 2 is 1.94 bits per heavy atom. The summed E-state index contributed by atoms with van der Waals surface area (Å²) in [6, 6.07) is 8.53. The molecular weight excluding hydrogens is 224 g/mol. The minimum absolute atomic E-state index is 0.404. The largest absolute Gasteiger partial charge is 0.325 e. The lowest BCUT2D eigenvalue weighted by Crippen LogP contribution is -2.37. The summed E-state index contributed by atoms with van der Waals surface area (Å²) in [7, 11) is 0. The highest BCUT2D eigenvalue weighted by molar-refractivity contribution is 5.93. The van der Waals surface area contributed by atoms with Crippen molar-refractivity contribution in [3.05, 3.63) is 29.8 Å². The number of hydrogen-bond donors (Lipinski definition) is 3. The zero-order valence-corrected chi connectivity index (χ0v) is 10.9. The summed E-state index contributed by atoms with van der Waals surface area (Å²) in [4.78, 5) is 4.66. The molecule has 0 heterocycles. The Bertz CT molecular complexity index is 408. The van der Waals surface area contributed by atoms with Crippen LogP contribution in [-0.4, -0.2) is 12.0 Å². The second kappa shape index (κ2) is 6.40. The van der Waals surface area contributed by atoms with Gasteiger partial charge in [-0.1, -0.05) is 37.5 Å². The minimum atomic E-state index is 0.404. The number of guanidine groups is 1. The van der Waals surface area contributed by atoms with Gasteiger partial charge < -0.3 is 5.32 Å². The molecule has 0 radical (unpaired) electrons. The van der Waals surface area contributed by atoms with Crippen LogP contribution in [0.4, 0.5) is 5.69 Å². The molecule has 1 saturated carbocycles. The van der Waals surface area contributed by atoms with Crippen molar-refractivity contribution in [3.63, 3.8) is 0 Å². The van der Waals surface area contributed by atoms with E-state index < -0.39 is 0 Å². The maximum absolute atomic E-state index is 5.54. The molecule has 1 fully saturated rings. The molecule has 0 saturated heterocycles. The maximum atomic E-state index is 5.54. The molecule has 4 N–H and O–H groups in total. The SMILES string of the molecule is Cc1ccccc1NC(=NC1CCCCC1)NN. The second-order valence-corrected chi connectivity index (χ2v) is 4.85. The summed E-state index contributed by atoms with van der Waals surface area (Å²) in [5, 5.41) is 3.26. The van der Waals surface area contributed by atoms with Gasteiger partial charge in [0.05, 0.1) is 6.04 Å². The van der Waals surface area contributed by atoms with Crippen LogP contribution in [0.5, 0.6) is 0 Å². The van der Waals surface area contributed by atoms with Crippen LogP contribution in [0.2, 0.25) is 0 Å². The average Bonchev–Trinajstić information content (AvgIpc) is 2.41. The number of hydrazine groups is 1. The van der Waals surface area contributed by atoms with Gasteiger partial charge >= 0.3 is 0 Å². The van der Waals surface area contributed by atoms with Gasteiger partial charge in [0, 0.05) is 5.69 Å². The number of anilines is 1. The Morgan fingerprint density at radius 1 is 1.22 bits per heavy atom. The molecule has 0 atom stereocenters. The topological polar surface area (TPSA) is 62.4 Å². The molecule has 2 rings (SSSR count). The zero-order chi connectivity index (χ0) is 12.8. The van der Waals surface area contributed by atoms with Gasteiger partial charge in [-0.2, -0.15) is 0 Å². The van der Waals surface area contributed by atoms with E-state index in [0.717, 1.165) is 5.69 Å². The third-order valence-corrected chi connectivity index (χ3v) is 3.42. The molecule has 0 aliphatic heterocycles. The average molecular weight is 246 g/mol. The first-order valence-electron chi connectivity index (χ1n) is 6.66. The van der Waals surface area contributed by atoms with E-state index in [1.54, 1.807) is 0 Å². The summed E-state index contributed by atoms with van der Waals surface area (Å²) >= 11 is 0. The number of nitrogens with one attached hydrogen (secondary N) is 2. The molecule has 1 aromatic rings. The number of rotatable bonds is 2. The second-order valence-electron chi connectivity index (χ2n) is 4.85. The number of benzene rings is 1. The van der Waals surface area contributed by atoms with Crippen LogP contribution in [0.1, 0.15) is 37.7 Å². The molecule has 4 nitrogen and oxygen atoms in total. The van der Waals surface area contributed by atoms with Gasteiger partial charge in [-0.25, -0.2) is 10.8 Å². The number of aliphatic imine (C=N–C) groups is 1. The molecule has 0 spiro atoms. The van der Waals surface area contributed by atoms with Gasteiger partial charge in [-0.3, -0.25) is 5.43 Å². The number of para-hydroxylation sites is 1. The van der Waals surface area contributed by atoms with Crippen molar-refractivity contribution in [3.8, 4) is 0 Å². The van der Waals surface area contributed by atoms with E-state index in [9.17, 15) is 0 Å². The predicted molar refractivity (Wildman–Crippen MR) is 76.4 cm³/mol. The van der Waals surface area contributed by atoms with Gasteiger partial charge in [-0.15, -0.1) is 0 Å². The van der Waals surface area contributed by atoms with Crippen LogP contribution >= 0.6 is 0 Å². The van der Waals surface area contributed by atoms with Gasteiger partial charge in [-0.05, 0) is 31.4 Å². The van der Waals surface area contributed by atoms with Crippen LogP contribution in [0.3, 0.4) is 0 Å². The van der Waals surface area contributed by atoms with Crippen molar-refractivity contribution in [2.45, 2.75) is 45.1 Å². The first-order valence-corrected chi connectivity index (χ1v) is 6.66. The van der Waals surface area contributed by atoms with E-state index in [1.165, 1.54) is 37.7 Å². The lowest BCUT2D eigenvalue weighted by Gasteiger charge is -2.20. The lowest BCUT2D eigenvalue weighted by atomic mass is 9.96. The molecule has 0 unspecified atom stereocenters. The van der Waals surface area contributed by atoms with Crippen LogP contribution in [0.25, 0.3) is 0 Å². The highest BCUT2D eigenvalue weighted by Gasteiger charge is 2.13. The Morgan fingerprint density at radius 3 is 2.61 bits per heavy atom. The van der Waals surface area contributed by atoms with Gasteiger partial charge in [0.15, 0.2) is 0 Å². The molecule has 0 amide bonds. The molecule has 1 aliphatic carbocycles. The van der Waals surface area contributed by atoms with E-state index in [4.69, 9.17) is 5.84 Å². The fourth-order valence-corrected chi connectivity index (χ4v) is 2.34. The van der Waals surface area contributed by atoms with Gasteiger partial charge in [0.25, 0.3) is 0 Å². The highest BCUT2D eigenvalue weighted by atomic mass is 15.3. The first-order chi connectivity index (χ1) is 8.79. The smallest absolute Gasteiger partial charge is 0.210 e. The normalized spacial score (nSPS) is 17.6. The van der Waals surface area contributed by atoms with Crippen molar-refractivity contribution in [1.29, 1.82) is 0 Å². The molecule has 4 heteroatoms. The van der Waals surface area contributed by atoms with E-state index in [1.807, 2.05) is 18.2 Å². The van der Waals surface area contributed by atoms with E-state index in [2.05, 4.69) is 28.7 Å². The zero-order valence-electron chi connectivity index (χ0n) is 10.9. The van der Waals surface area contributed by atoms with Crippen molar-refractivity contribution in [1.82, 2.24) is 5.43 Å². The lowest BCUT2D eigenvalue weighted by molar-refractivity contribution is 0.442. The summed E-state index contributed by atoms with van der Waals surface area (Å²) in [5.41, 5.74) is 4.89. The third kappa shape index (κ3) is 3.47. The van der Waals surface area contributed by atoms with Crippen molar-refractivity contribution in [2.24, 2.45) is 10.8 Å². The summed E-state index contributed by atoms with van der Waals surface area (Å²) in [5.74, 6) is 6.21. The molecular formula is C14H22N4. The quantitative estimate of drug-likeness (QED) is 0.325. The molecule has 98 valence electrons. The molecule has 1 aliphatic rings. The highest BCUT2D eigenvalue weighted by Crippen LogP contribution is 2.20. The summed E-state index contributed by atoms with van der Waals surface area (Å²) < 4.78 is 0. The summed E-state index contributed by atoms with van der Waals surface area (Å²) in [6.45, 7) is 2.07. The fourth-order valence-electron chi connectivity index (χ4n) is 2.34. The van der Waals surface area contributed by atoms with Crippen LogP contribution in [0, 0.1) is 6.92 Å². The molecule has 1 aromatic carbocycles. The molecule has 18 heavy (non-hydrogen) atoms. The van der Waals surface area contributed by atoms with Gasteiger partial charge in [0.1, 0.15) is 0 Å². The predicted octanol–water partition coefficient (Wildman–Crippen LogP) is 2.56. The monoisotopic (exact) mass is 246 g/mol. The number of nitrogens with zero attached hydrogens (tertiary/aromatic N) is 1. The fraction of sp³-hybridized carbons (Fsp3) is 0.500. The number of nitrogens with two attached hydrogens (primary N) is 1. The standard InChI is InChI=1S/C14H22N4/c1-11-7-5-6-10-13(11)17-14(18-15)16-12-8-3-2-4-9-12/h5-7,10,12H,2-4,8-9,15H2,1H3,(H2,16,17,18). The Kier molecular flexibility index (Phi) is 4.59. The van der Waals surface area contributed by atoms with E-state index >= 15 is 0 Å². The number of aryl methyl sites for hydroxylation is 1. The summed E-state index contributed by atoms with van der Waals surface area (Å²) in [6.07, 6.45) is 6.22. The Labute approximate surface area is 109 Å². The maximum Gasteiger partial charge on any atom is 0.210 e. The van der Waals surface area contributed by atoms with E-state index in [-0.39, 0.29) is 0 Å².